The summed E-state index contributed by atoms with van der Waals surface area (Å²) in [5.74, 6) is 1.08. The SMILES string of the molecule is Cc1ncsc1C(=O)NC[C@@H]1C[C@H](F)CN1c1ccnc(N(C)C)n1. The van der Waals surface area contributed by atoms with E-state index in [0.29, 0.717) is 35.3 Å². The van der Waals surface area contributed by atoms with Gasteiger partial charge in [0.1, 0.15) is 16.9 Å². The van der Waals surface area contributed by atoms with Gasteiger partial charge in [-0.15, -0.1) is 11.3 Å². The second-order valence-corrected chi connectivity index (χ2v) is 7.08. The van der Waals surface area contributed by atoms with E-state index in [2.05, 4.69) is 20.3 Å². The summed E-state index contributed by atoms with van der Waals surface area (Å²) in [4.78, 5) is 29.3. The van der Waals surface area contributed by atoms with Crippen LogP contribution in [0.4, 0.5) is 16.2 Å². The number of rotatable bonds is 5. The van der Waals surface area contributed by atoms with E-state index in [4.69, 9.17) is 0 Å². The lowest BCUT2D eigenvalue weighted by Crippen LogP contribution is -2.40. The van der Waals surface area contributed by atoms with Crippen molar-refractivity contribution < 1.29 is 9.18 Å². The number of carbonyl (C=O) groups excluding carboxylic acids is 1. The molecule has 1 N–H and O–H groups in total. The molecule has 0 radical (unpaired) electrons. The van der Waals surface area contributed by atoms with Crippen LogP contribution < -0.4 is 15.1 Å². The number of aromatic nitrogens is 3. The van der Waals surface area contributed by atoms with Gasteiger partial charge in [-0.2, -0.15) is 4.98 Å². The minimum Gasteiger partial charge on any atom is -0.349 e. The fourth-order valence-corrected chi connectivity index (χ4v) is 3.58. The molecule has 0 saturated carbocycles. The van der Waals surface area contributed by atoms with Crippen LogP contribution in [0.3, 0.4) is 0 Å². The number of thiazole rings is 1. The Morgan fingerprint density at radius 1 is 1.48 bits per heavy atom. The quantitative estimate of drug-likeness (QED) is 0.870. The van der Waals surface area contributed by atoms with Gasteiger partial charge in [-0.25, -0.2) is 14.4 Å². The Morgan fingerprint density at radius 3 is 2.96 bits per heavy atom. The van der Waals surface area contributed by atoms with E-state index < -0.39 is 6.17 Å². The molecule has 9 heteroatoms. The lowest BCUT2D eigenvalue weighted by Gasteiger charge is -2.26. The molecule has 0 bridgehead atoms. The number of amides is 1. The largest absolute Gasteiger partial charge is 0.349 e. The first-order chi connectivity index (χ1) is 12.0. The maximum atomic E-state index is 14.0. The molecule has 2 aromatic rings. The van der Waals surface area contributed by atoms with Crippen LogP contribution in [0.15, 0.2) is 17.8 Å². The Labute approximate surface area is 149 Å². The molecular formula is C16H21FN6OS. The molecule has 1 aliphatic heterocycles. The predicted molar refractivity (Wildman–Crippen MR) is 96.2 cm³/mol. The zero-order chi connectivity index (χ0) is 18.0. The standard InChI is InChI=1S/C16H21FN6OS/c1-10-14(25-9-20-10)15(24)19-7-12-6-11(17)8-23(12)13-4-5-18-16(21-13)22(2)3/h4-5,9,11-12H,6-8H2,1-3H3,(H,19,24)/t11-,12-/m0/s1. The molecule has 25 heavy (non-hydrogen) atoms. The molecule has 1 saturated heterocycles. The van der Waals surface area contributed by atoms with Crippen LogP contribution >= 0.6 is 11.3 Å². The number of halogens is 1. The molecule has 1 amide bonds. The van der Waals surface area contributed by atoms with Crippen LogP contribution in [-0.2, 0) is 0 Å². The normalized spacial score (nSPS) is 19.9. The van der Waals surface area contributed by atoms with Crippen molar-refractivity contribution in [2.75, 3.05) is 37.0 Å². The van der Waals surface area contributed by atoms with Crippen molar-refractivity contribution in [1.29, 1.82) is 0 Å². The number of aryl methyl sites for hydroxylation is 1. The summed E-state index contributed by atoms with van der Waals surface area (Å²) < 4.78 is 14.0. The minimum absolute atomic E-state index is 0.142. The van der Waals surface area contributed by atoms with Crippen molar-refractivity contribution in [2.45, 2.75) is 25.6 Å². The summed E-state index contributed by atoms with van der Waals surface area (Å²) in [6, 6.07) is 1.63. The van der Waals surface area contributed by atoms with Gasteiger partial charge < -0.3 is 15.1 Å². The summed E-state index contributed by atoms with van der Waals surface area (Å²) in [6.07, 6.45) is 1.09. The van der Waals surface area contributed by atoms with Crippen molar-refractivity contribution in [3.8, 4) is 0 Å². The average molecular weight is 364 g/mol. The molecule has 0 aliphatic carbocycles. The van der Waals surface area contributed by atoms with Gasteiger partial charge in [0.2, 0.25) is 5.95 Å². The molecule has 2 aromatic heterocycles. The fourth-order valence-electron chi connectivity index (χ4n) is 2.86. The van der Waals surface area contributed by atoms with Crippen molar-refractivity contribution in [3.63, 3.8) is 0 Å². The Hall–Kier alpha value is -2.29. The maximum absolute atomic E-state index is 14.0. The van der Waals surface area contributed by atoms with E-state index >= 15 is 0 Å². The highest BCUT2D eigenvalue weighted by atomic mass is 32.1. The Morgan fingerprint density at radius 2 is 2.28 bits per heavy atom. The molecule has 134 valence electrons. The minimum atomic E-state index is -0.940. The second kappa shape index (κ2) is 7.30. The van der Waals surface area contributed by atoms with Gasteiger partial charge in [0.05, 0.1) is 23.8 Å². The molecule has 7 nitrogen and oxygen atoms in total. The Balaban J connectivity index is 1.71. The smallest absolute Gasteiger partial charge is 0.263 e. The molecule has 0 aromatic carbocycles. The molecule has 0 unspecified atom stereocenters. The molecule has 0 spiro atoms. The van der Waals surface area contributed by atoms with Gasteiger partial charge in [-0.05, 0) is 13.0 Å². The highest BCUT2D eigenvalue weighted by Crippen LogP contribution is 2.26. The zero-order valence-electron chi connectivity index (χ0n) is 14.4. The molecule has 1 aliphatic rings. The molecule has 3 heterocycles. The highest BCUT2D eigenvalue weighted by Gasteiger charge is 2.33. The van der Waals surface area contributed by atoms with Gasteiger partial charge in [0.15, 0.2) is 0 Å². The summed E-state index contributed by atoms with van der Waals surface area (Å²) in [7, 11) is 3.71. The van der Waals surface area contributed by atoms with Crippen molar-refractivity contribution in [1.82, 2.24) is 20.3 Å². The summed E-state index contributed by atoms with van der Waals surface area (Å²) in [6.45, 7) is 2.43. The predicted octanol–water partition coefficient (Wildman–Crippen LogP) is 1.65. The Bertz CT molecular complexity index is 752. The van der Waals surface area contributed by atoms with E-state index in [1.54, 1.807) is 29.6 Å². The van der Waals surface area contributed by atoms with Crippen LogP contribution in [0.5, 0.6) is 0 Å². The van der Waals surface area contributed by atoms with E-state index in [-0.39, 0.29) is 18.5 Å². The van der Waals surface area contributed by atoms with Gasteiger partial charge in [0, 0.05) is 33.3 Å². The highest BCUT2D eigenvalue weighted by molar-refractivity contribution is 7.11. The number of hydrogen-bond acceptors (Lipinski definition) is 7. The number of anilines is 2. The fraction of sp³-hybridized carbons (Fsp3) is 0.500. The van der Waals surface area contributed by atoms with Crippen LogP contribution in [0, 0.1) is 6.92 Å². The topological polar surface area (TPSA) is 74.2 Å². The Kier molecular flexibility index (Phi) is 5.12. The number of alkyl halides is 1. The van der Waals surface area contributed by atoms with Gasteiger partial charge >= 0.3 is 0 Å². The second-order valence-electron chi connectivity index (χ2n) is 6.23. The van der Waals surface area contributed by atoms with Crippen molar-refractivity contribution >= 4 is 29.0 Å². The molecule has 1 fully saturated rings. The van der Waals surface area contributed by atoms with E-state index in [0.717, 1.165) is 0 Å². The first-order valence-corrected chi connectivity index (χ1v) is 8.93. The summed E-state index contributed by atoms with van der Waals surface area (Å²) in [5, 5.41) is 2.89. The number of carbonyl (C=O) groups is 1. The van der Waals surface area contributed by atoms with Crippen LogP contribution in [0.2, 0.25) is 0 Å². The van der Waals surface area contributed by atoms with Crippen LogP contribution in [-0.4, -0.2) is 60.3 Å². The molecule has 2 atom stereocenters. The van der Waals surface area contributed by atoms with Crippen molar-refractivity contribution in [2.24, 2.45) is 0 Å². The van der Waals surface area contributed by atoms with Crippen molar-refractivity contribution in [3.05, 3.63) is 28.3 Å². The van der Waals surface area contributed by atoms with Gasteiger partial charge in [-0.3, -0.25) is 4.79 Å². The number of hydrogen-bond donors (Lipinski definition) is 1. The zero-order valence-corrected chi connectivity index (χ0v) is 15.3. The van der Waals surface area contributed by atoms with E-state index in [1.165, 1.54) is 11.3 Å². The lowest BCUT2D eigenvalue weighted by atomic mass is 10.2. The number of nitrogens with one attached hydrogen (secondary N) is 1. The first-order valence-electron chi connectivity index (χ1n) is 8.05. The molecular weight excluding hydrogens is 343 g/mol. The third-order valence-electron chi connectivity index (χ3n) is 4.14. The van der Waals surface area contributed by atoms with Gasteiger partial charge in [-0.1, -0.05) is 0 Å². The third kappa shape index (κ3) is 3.87. The lowest BCUT2D eigenvalue weighted by molar-refractivity contribution is 0.0954. The first kappa shape index (κ1) is 17.5. The van der Waals surface area contributed by atoms with Crippen LogP contribution in [0.1, 0.15) is 21.8 Å². The van der Waals surface area contributed by atoms with E-state index in [1.807, 2.05) is 19.0 Å². The number of nitrogens with zero attached hydrogens (tertiary/aromatic N) is 5. The average Bonchev–Trinajstić information content (AvgIpc) is 3.18. The third-order valence-corrected chi connectivity index (χ3v) is 5.06. The monoisotopic (exact) mass is 364 g/mol. The summed E-state index contributed by atoms with van der Waals surface area (Å²) >= 11 is 1.31. The van der Waals surface area contributed by atoms with E-state index in [9.17, 15) is 9.18 Å². The van der Waals surface area contributed by atoms with Crippen LogP contribution in [0.25, 0.3) is 0 Å². The summed E-state index contributed by atoms with van der Waals surface area (Å²) in [5.41, 5.74) is 2.36. The maximum Gasteiger partial charge on any atom is 0.263 e. The van der Waals surface area contributed by atoms with Gasteiger partial charge in [0.25, 0.3) is 5.91 Å². The molecule has 3 rings (SSSR count).